The van der Waals surface area contributed by atoms with Crippen molar-refractivity contribution in [2.45, 2.75) is 0 Å². The van der Waals surface area contributed by atoms with Gasteiger partial charge in [-0.15, -0.1) is 0 Å². The molecular formula is C15H11. The quantitative estimate of drug-likeness (QED) is 0.468. The molecule has 3 aromatic rings. The van der Waals surface area contributed by atoms with Crippen LogP contribution in [0.5, 0.6) is 0 Å². The summed E-state index contributed by atoms with van der Waals surface area (Å²) in [6.07, 6.45) is 0. The minimum atomic E-state index is 1.10. The topological polar surface area (TPSA) is 0 Å². The lowest BCUT2D eigenvalue weighted by molar-refractivity contribution is 1.71. The van der Waals surface area contributed by atoms with Gasteiger partial charge in [0, 0.05) is 0 Å². The van der Waals surface area contributed by atoms with E-state index in [2.05, 4.69) is 61.5 Å². The zero-order valence-electron chi connectivity index (χ0n) is 8.40. The third kappa shape index (κ3) is 1.22. The lowest BCUT2D eigenvalue weighted by Crippen LogP contribution is -1.81. The van der Waals surface area contributed by atoms with Crippen LogP contribution in [0.15, 0.2) is 54.6 Å². The molecule has 0 atom stereocenters. The summed E-state index contributed by atoms with van der Waals surface area (Å²) in [5, 5.41) is 5.11. The van der Waals surface area contributed by atoms with Crippen LogP contribution >= 0.6 is 0 Å². The average Bonchev–Trinajstić information content (AvgIpc) is 2.30. The number of rotatable bonds is 0. The van der Waals surface area contributed by atoms with Crippen LogP contribution in [0.25, 0.3) is 21.5 Å². The van der Waals surface area contributed by atoms with Crippen molar-refractivity contribution in [3.63, 3.8) is 0 Å². The van der Waals surface area contributed by atoms with Crippen LogP contribution in [0.3, 0.4) is 0 Å². The van der Waals surface area contributed by atoms with E-state index < -0.39 is 0 Å². The van der Waals surface area contributed by atoms with Gasteiger partial charge >= 0.3 is 0 Å². The number of fused-ring (bicyclic) bond motifs is 3. The van der Waals surface area contributed by atoms with Crippen LogP contribution < -0.4 is 0 Å². The van der Waals surface area contributed by atoms with Gasteiger partial charge in [-0.3, -0.25) is 0 Å². The van der Waals surface area contributed by atoms with Crippen LogP contribution in [0.2, 0.25) is 0 Å². The zero-order valence-corrected chi connectivity index (χ0v) is 8.40. The highest BCUT2D eigenvalue weighted by Gasteiger charge is 2.01. The predicted molar refractivity (Wildman–Crippen MR) is 65.9 cm³/mol. The lowest BCUT2D eigenvalue weighted by Gasteiger charge is -2.06. The van der Waals surface area contributed by atoms with E-state index in [1.165, 1.54) is 21.5 Å². The van der Waals surface area contributed by atoms with E-state index in [0.717, 1.165) is 5.56 Å². The van der Waals surface area contributed by atoms with Crippen LogP contribution in [0.4, 0.5) is 0 Å². The second-order valence-electron chi connectivity index (χ2n) is 3.80. The largest absolute Gasteiger partial charge is 0.0616 e. The molecule has 0 N–H and O–H groups in total. The molecule has 0 saturated heterocycles. The highest BCUT2D eigenvalue weighted by Crippen LogP contribution is 2.27. The highest BCUT2D eigenvalue weighted by molar-refractivity contribution is 6.09. The molecule has 0 aliphatic heterocycles. The molecule has 1 radical (unpaired) electrons. The van der Waals surface area contributed by atoms with E-state index in [1.54, 1.807) is 0 Å². The van der Waals surface area contributed by atoms with Gasteiger partial charge in [0.25, 0.3) is 0 Å². The Morgan fingerprint density at radius 2 is 1.27 bits per heavy atom. The van der Waals surface area contributed by atoms with Crippen molar-refractivity contribution in [3.05, 3.63) is 67.1 Å². The van der Waals surface area contributed by atoms with Gasteiger partial charge in [0.15, 0.2) is 0 Å². The summed E-state index contributed by atoms with van der Waals surface area (Å²) in [5.41, 5.74) is 1.10. The van der Waals surface area contributed by atoms with Crippen LogP contribution in [0, 0.1) is 6.92 Å². The molecule has 3 aromatic carbocycles. The zero-order chi connectivity index (χ0) is 10.3. The SMILES string of the molecule is [CH2]c1cc2ccccc2c2ccccc12. The Kier molecular flexibility index (Phi) is 1.75. The van der Waals surface area contributed by atoms with E-state index in [-0.39, 0.29) is 0 Å². The molecule has 0 amide bonds. The van der Waals surface area contributed by atoms with E-state index in [1.807, 2.05) is 0 Å². The summed E-state index contributed by atoms with van der Waals surface area (Å²) in [6, 6.07) is 19.0. The monoisotopic (exact) mass is 191 g/mol. The summed E-state index contributed by atoms with van der Waals surface area (Å²) in [6.45, 7) is 4.10. The number of benzene rings is 3. The molecular weight excluding hydrogens is 180 g/mol. The highest BCUT2D eigenvalue weighted by atomic mass is 14.1. The first-order valence-electron chi connectivity index (χ1n) is 5.09. The standard InChI is InChI=1S/C15H11/c1-11-10-12-6-2-3-8-14(12)15-9-5-4-7-13(11)15/h2-10H,1H2. The van der Waals surface area contributed by atoms with Gasteiger partial charge in [0.05, 0.1) is 0 Å². The van der Waals surface area contributed by atoms with Gasteiger partial charge < -0.3 is 0 Å². The van der Waals surface area contributed by atoms with Gasteiger partial charge in [-0.1, -0.05) is 54.6 Å². The average molecular weight is 191 g/mol. The Morgan fingerprint density at radius 3 is 2.07 bits per heavy atom. The number of hydrogen-bond acceptors (Lipinski definition) is 0. The van der Waals surface area contributed by atoms with Crippen LogP contribution in [-0.2, 0) is 0 Å². The Labute approximate surface area is 89.2 Å². The summed E-state index contributed by atoms with van der Waals surface area (Å²) in [5.74, 6) is 0. The molecule has 0 saturated carbocycles. The third-order valence-electron chi connectivity index (χ3n) is 2.85. The maximum Gasteiger partial charge on any atom is -0.0103 e. The Bertz CT molecular complexity index is 636. The first-order chi connectivity index (χ1) is 7.36. The molecule has 0 bridgehead atoms. The molecule has 3 rings (SSSR count). The van der Waals surface area contributed by atoms with E-state index >= 15 is 0 Å². The van der Waals surface area contributed by atoms with E-state index in [4.69, 9.17) is 0 Å². The van der Waals surface area contributed by atoms with Gasteiger partial charge in [0.2, 0.25) is 0 Å². The van der Waals surface area contributed by atoms with Gasteiger partial charge in [-0.2, -0.15) is 0 Å². The summed E-state index contributed by atoms with van der Waals surface area (Å²) >= 11 is 0. The molecule has 15 heavy (non-hydrogen) atoms. The molecule has 0 aliphatic carbocycles. The van der Waals surface area contributed by atoms with E-state index in [0.29, 0.717) is 0 Å². The molecule has 0 spiro atoms. The minimum absolute atomic E-state index is 1.10. The summed E-state index contributed by atoms with van der Waals surface area (Å²) in [4.78, 5) is 0. The minimum Gasteiger partial charge on any atom is -0.0616 e. The third-order valence-corrected chi connectivity index (χ3v) is 2.85. The van der Waals surface area contributed by atoms with Crippen molar-refractivity contribution in [1.82, 2.24) is 0 Å². The van der Waals surface area contributed by atoms with Crippen molar-refractivity contribution < 1.29 is 0 Å². The van der Waals surface area contributed by atoms with Crippen molar-refractivity contribution in [2.24, 2.45) is 0 Å². The normalized spacial score (nSPS) is 11.0. The fraction of sp³-hybridized carbons (Fsp3) is 0. The van der Waals surface area contributed by atoms with Crippen LogP contribution in [0.1, 0.15) is 5.56 Å². The molecule has 0 heterocycles. The second-order valence-corrected chi connectivity index (χ2v) is 3.80. The number of hydrogen-bond donors (Lipinski definition) is 0. The van der Waals surface area contributed by atoms with Crippen LogP contribution in [-0.4, -0.2) is 0 Å². The Balaban J connectivity index is 2.64. The van der Waals surface area contributed by atoms with Crippen molar-refractivity contribution in [1.29, 1.82) is 0 Å². The fourth-order valence-electron chi connectivity index (χ4n) is 2.13. The fourth-order valence-corrected chi connectivity index (χ4v) is 2.13. The molecule has 0 aliphatic rings. The smallest absolute Gasteiger partial charge is 0.0103 e. The van der Waals surface area contributed by atoms with Gasteiger partial charge in [-0.05, 0) is 34.0 Å². The molecule has 0 heteroatoms. The van der Waals surface area contributed by atoms with Crippen molar-refractivity contribution in [2.75, 3.05) is 0 Å². The molecule has 0 aromatic heterocycles. The van der Waals surface area contributed by atoms with Gasteiger partial charge in [-0.25, -0.2) is 0 Å². The molecule has 0 nitrogen and oxygen atoms in total. The molecule has 71 valence electrons. The summed E-state index contributed by atoms with van der Waals surface area (Å²) < 4.78 is 0. The predicted octanol–water partition coefficient (Wildman–Crippen LogP) is 4.18. The van der Waals surface area contributed by atoms with Crippen molar-refractivity contribution in [3.8, 4) is 0 Å². The lowest BCUT2D eigenvalue weighted by atomic mass is 9.98. The maximum atomic E-state index is 4.10. The van der Waals surface area contributed by atoms with E-state index in [9.17, 15) is 0 Å². The molecule has 0 fully saturated rings. The van der Waals surface area contributed by atoms with Crippen molar-refractivity contribution >= 4 is 21.5 Å². The Morgan fingerprint density at radius 1 is 0.667 bits per heavy atom. The Hall–Kier alpha value is -1.82. The summed E-state index contributed by atoms with van der Waals surface area (Å²) in [7, 11) is 0. The first-order valence-corrected chi connectivity index (χ1v) is 5.09. The second kappa shape index (κ2) is 3.09. The maximum absolute atomic E-state index is 4.10. The van der Waals surface area contributed by atoms with Gasteiger partial charge in [0.1, 0.15) is 0 Å². The molecule has 0 unspecified atom stereocenters. The first kappa shape index (κ1) is 8.49.